The largest absolute Gasteiger partial charge is 0.459 e. The lowest BCUT2D eigenvalue weighted by molar-refractivity contribution is -0.145. The molecule has 2 heterocycles. The summed E-state index contributed by atoms with van der Waals surface area (Å²) in [6.07, 6.45) is 3.80. The zero-order chi connectivity index (χ0) is 14.5. The van der Waals surface area contributed by atoms with Crippen molar-refractivity contribution < 1.29 is 13.9 Å². The minimum absolute atomic E-state index is 0.110. The monoisotopic (exact) mass is 277 g/mol. The number of rotatable bonds is 4. The molecule has 2 N–H and O–H groups in total. The number of nitrogen functional groups attached to an aromatic ring is 1. The van der Waals surface area contributed by atoms with Crippen LogP contribution in [0.3, 0.4) is 0 Å². The molecule has 2 rings (SSSR count). The number of carbonyl (C=O) groups is 1. The van der Waals surface area contributed by atoms with Gasteiger partial charge in [0.2, 0.25) is 0 Å². The van der Waals surface area contributed by atoms with Gasteiger partial charge in [-0.1, -0.05) is 0 Å². The van der Waals surface area contributed by atoms with Gasteiger partial charge in [-0.3, -0.25) is 14.6 Å². The van der Waals surface area contributed by atoms with Gasteiger partial charge in [0, 0.05) is 29.7 Å². The van der Waals surface area contributed by atoms with Gasteiger partial charge >= 0.3 is 5.97 Å². The first-order valence-electron chi connectivity index (χ1n) is 5.75. The molecule has 0 aliphatic heterocycles. The molecule has 0 fully saturated rings. The van der Waals surface area contributed by atoms with E-state index in [1.54, 1.807) is 0 Å². The maximum Gasteiger partial charge on any atom is 0.326 e. The molecule has 0 spiro atoms. The molecule has 20 heavy (non-hydrogen) atoms. The molecule has 7 heteroatoms. The Morgan fingerprint density at radius 3 is 2.95 bits per heavy atom. The first kappa shape index (κ1) is 13.7. The number of nitrogens with zero attached hydrogens (tertiary/aromatic N) is 2. The molecule has 0 bridgehead atoms. The van der Waals surface area contributed by atoms with E-state index in [1.165, 1.54) is 30.6 Å². The Kier molecular flexibility index (Phi) is 4.09. The molecule has 0 atom stereocenters. The fraction of sp³-hybridized carbons (Fsp3) is 0.154. The van der Waals surface area contributed by atoms with Crippen LogP contribution in [0.25, 0.3) is 0 Å². The average molecular weight is 277 g/mol. The van der Waals surface area contributed by atoms with Crippen LogP contribution >= 0.6 is 0 Å². The summed E-state index contributed by atoms with van der Waals surface area (Å²) in [6, 6.07) is 3.93. The molecule has 0 aliphatic carbocycles. The van der Waals surface area contributed by atoms with Gasteiger partial charge < -0.3 is 15.0 Å². The summed E-state index contributed by atoms with van der Waals surface area (Å²) in [6.45, 7) is -0.368. The molecule has 0 radical (unpaired) electrons. The second kappa shape index (κ2) is 5.96. The van der Waals surface area contributed by atoms with Crippen molar-refractivity contribution in [3.05, 3.63) is 58.5 Å². The van der Waals surface area contributed by atoms with E-state index in [2.05, 4.69) is 4.98 Å². The van der Waals surface area contributed by atoms with Gasteiger partial charge in [0.05, 0.1) is 6.20 Å². The predicted octanol–water partition coefficient (Wildman–Crippen LogP) is 0.708. The van der Waals surface area contributed by atoms with Crippen LogP contribution in [-0.4, -0.2) is 15.5 Å². The second-order valence-electron chi connectivity index (χ2n) is 4.10. The van der Waals surface area contributed by atoms with Crippen LogP contribution in [0.1, 0.15) is 5.56 Å². The van der Waals surface area contributed by atoms with Crippen LogP contribution < -0.4 is 11.3 Å². The van der Waals surface area contributed by atoms with Crippen LogP contribution in [-0.2, 0) is 22.7 Å². The fourth-order valence-electron chi connectivity index (χ4n) is 1.56. The van der Waals surface area contributed by atoms with Crippen molar-refractivity contribution in [2.75, 3.05) is 5.73 Å². The maximum absolute atomic E-state index is 12.9. The summed E-state index contributed by atoms with van der Waals surface area (Å²) in [5, 5.41) is 0. The normalized spacial score (nSPS) is 10.2. The predicted molar refractivity (Wildman–Crippen MR) is 69.1 cm³/mol. The van der Waals surface area contributed by atoms with Gasteiger partial charge in [-0.05, 0) is 12.1 Å². The number of hydrogen-bond acceptors (Lipinski definition) is 5. The molecule has 2 aromatic heterocycles. The molecule has 6 nitrogen and oxygen atoms in total. The number of halogens is 1. The molecule has 104 valence electrons. The first-order chi connectivity index (χ1) is 9.54. The third kappa shape index (κ3) is 3.64. The molecule has 0 aromatic carbocycles. The Balaban J connectivity index is 1.96. The summed E-state index contributed by atoms with van der Waals surface area (Å²) in [5.74, 6) is -1.13. The second-order valence-corrected chi connectivity index (χ2v) is 4.10. The van der Waals surface area contributed by atoms with Crippen molar-refractivity contribution in [3.63, 3.8) is 0 Å². The van der Waals surface area contributed by atoms with Gasteiger partial charge in [0.15, 0.2) is 0 Å². The van der Waals surface area contributed by atoms with Crippen LogP contribution in [0, 0.1) is 5.82 Å². The van der Waals surface area contributed by atoms with Crippen LogP contribution in [0.2, 0.25) is 0 Å². The summed E-state index contributed by atoms with van der Waals surface area (Å²) < 4.78 is 18.9. The standard InChI is InChI=1S/C13H12FN3O3/c14-10-3-9(4-16-5-10)8-20-13(19)7-17-6-11(15)1-2-12(17)18/h1-6H,7-8,15H2. The van der Waals surface area contributed by atoms with E-state index in [0.717, 1.165) is 10.8 Å². The summed E-state index contributed by atoms with van der Waals surface area (Å²) >= 11 is 0. The van der Waals surface area contributed by atoms with Crippen LogP contribution in [0.15, 0.2) is 41.6 Å². The zero-order valence-electron chi connectivity index (χ0n) is 10.5. The van der Waals surface area contributed by atoms with Gasteiger partial charge in [-0.25, -0.2) is 4.39 Å². The number of aromatic nitrogens is 2. The number of hydrogen-bond donors (Lipinski definition) is 1. The van der Waals surface area contributed by atoms with Gasteiger partial charge in [-0.2, -0.15) is 0 Å². The molecule has 0 saturated carbocycles. The number of nitrogens with two attached hydrogens (primary N) is 1. The third-order valence-electron chi connectivity index (χ3n) is 2.47. The lowest BCUT2D eigenvalue weighted by Gasteiger charge is -2.07. The van der Waals surface area contributed by atoms with Crippen molar-refractivity contribution in [3.8, 4) is 0 Å². The highest BCUT2D eigenvalue weighted by atomic mass is 19.1. The Bertz CT molecular complexity index is 685. The highest BCUT2D eigenvalue weighted by Gasteiger charge is 2.07. The molecular formula is C13H12FN3O3. The van der Waals surface area contributed by atoms with E-state index in [9.17, 15) is 14.0 Å². The molecular weight excluding hydrogens is 265 g/mol. The zero-order valence-corrected chi connectivity index (χ0v) is 10.5. The Hall–Kier alpha value is -2.70. The van der Waals surface area contributed by atoms with Gasteiger partial charge in [0.1, 0.15) is 19.0 Å². The summed E-state index contributed by atoms with van der Waals surface area (Å²) in [5.41, 5.74) is 5.96. The van der Waals surface area contributed by atoms with Crippen molar-refractivity contribution in [1.29, 1.82) is 0 Å². The average Bonchev–Trinajstić information content (AvgIpc) is 2.41. The third-order valence-corrected chi connectivity index (χ3v) is 2.47. The maximum atomic E-state index is 12.9. The molecule has 0 aliphatic rings. The van der Waals surface area contributed by atoms with Crippen LogP contribution in [0.5, 0.6) is 0 Å². The SMILES string of the molecule is Nc1ccc(=O)n(CC(=O)OCc2cncc(F)c2)c1. The van der Waals surface area contributed by atoms with Gasteiger partial charge in [-0.15, -0.1) is 0 Å². The number of esters is 1. The Labute approximate surface area is 113 Å². The van der Waals surface area contributed by atoms with E-state index >= 15 is 0 Å². The minimum Gasteiger partial charge on any atom is -0.459 e. The molecule has 0 amide bonds. The fourth-order valence-corrected chi connectivity index (χ4v) is 1.56. The van der Waals surface area contributed by atoms with E-state index in [0.29, 0.717) is 11.3 Å². The molecule has 2 aromatic rings. The molecule has 0 saturated heterocycles. The number of carbonyl (C=O) groups excluding carboxylic acids is 1. The van der Waals surface area contributed by atoms with E-state index in [-0.39, 0.29) is 18.7 Å². The topological polar surface area (TPSA) is 87.2 Å². The van der Waals surface area contributed by atoms with Crippen molar-refractivity contribution in [2.24, 2.45) is 0 Å². The summed E-state index contributed by atoms with van der Waals surface area (Å²) in [7, 11) is 0. The smallest absolute Gasteiger partial charge is 0.326 e. The highest BCUT2D eigenvalue weighted by molar-refractivity contribution is 5.69. The van der Waals surface area contributed by atoms with E-state index in [1.807, 2.05) is 0 Å². The minimum atomic E-state index is -0.623. The van der Waals surface area contributed by atoms with Crippen molar-refractivity contribution >= 4 is 11.7 Å². The van der Waals surface area contributed by atoms with Crippen molar-refractivity contribution in [2.45, 2.75) is 13.2 Å². The van der Waals surface area contributed by atoms with Gasteiger partial charge in [0.25, 0.3) is 5.56 Å². The number of pyridine rings is 2. The lowest BCUT2D eigenvalue weighted by atomic mass is 10.3. The molecule has 0 unspecified atom stereocenters. The van der Waals surface area contributed by atoms with Crippen LogP contribution in [0.4, 0.5) is 10.1 Å². The van der Waals surface area contributed by atoms with E-state index in [4.69, 9.17) is 10.5 Å². The van der Waals surface area contributed by atoms with E-state index < -0.39 is 11.8 Å². The lowest BCUT2D eigenvalue weighted by Crippen LogP contribution is -2.24. The summed E-state index contributed by atoms with van der Waals surface area (Å²) in [4.78, 5) is 26.7. The highest BCUT2D eigenvalue weighted by Crippen LogP contribution is 2.03. The quantitative estimate of drug-likeness (QED) is 0.831. The first-order valence-corrected chi connectivity index (χ1v) is 5.75. The Morgan fingerprint density at radius 1 is 1.40 bits per heavy atom. The Morgan fingerprint density at radius 2 is 2.20 bits per heavy atom. The number of anilines is 1. The number of ether oxygens (including phenoxy) is 1. The van der Waals surface area contributed by atoms with Crippen molar-refractivity contribution in [1.82, 2.24) is 9.55 Å².